The first-order valence-corrected chi connectivity index (χ1v) is 9.67. The van der Waals surface area contributed by atoms with Crippen molar-refractivity contribution in [3.63, 3.8) is 0 Å². The molecule has 1 amide bonds. The van der Waals surface area contributed by atoms with Crippen molar-refractivity contribution in [3.05, 3.63) is 34.5 Å². The number of aromatic nitrogens is 1. The van der Waals surface area contributed by atoms with E-state index in [-0.39, 0.29) is 5.91 Å². The first kappa shape index (κ1) is 16.6. The highest BCUT2D eigenvalue weighted by Crippen LogP contribution is 2.29. The average Bonchev–Trinajstić information content (AvgIpc) is 3.29. The molecule has 4 rings (SSSR count). The summed E-state index contributed by atoms with van der Waals surface area (Å²) >= 11 is 0. The predicted octanol–water partition coefficient (Wildman–Crippen LogP) is 3.79. The van der Waals surface area contributed by atoms with Gasteiger partial charge in [-0.1, -0.05) is 11.6 Å². The molecule has 2 fully saturated rings. The molecule has 1 atom stereocenters. The van der Waals surface area contributed by atoms with Gasteiger partial charge in [0.1, 0.15) is 5.69 Å². The third kappa shape index (κ3) is 2.97. The van der Waals surface area contributed by atoms with E-state index < -0.39 is 0 Å². The van der Waals surface area contributed by atoms with Crippen LogP contribution in [0.3, 0.4) is 0 Å². The number of H-pyrrole nitrogens is 1. The molecule has 0 bridgehead atoms. The van der Waals surface area contributed by atoms with Gasteiger partial charge in [0.15, 0.2) is 0 Å². The van der Waals surface area contributed by atoms with E-state index >= 15 is 0 Å². The van der Waals surface area contributed by atoms with Gasteiger partial charge in [-0.05, 0) is 76.7 Å². The molecule has 0 radical (unpaired) electrons. The highest BCUT2D eigenvalue weighted by Gasteiger charge is 2.33. The average molecular weight is 339 g/mol. The molecule has 0 unspecified atom stereocenters. The molecule has 25 heavy (non-hydrogen) atoms. The van der Waals surface area contributed by atoms with Crippen LogP contribution in [0, 0.1) is 20.8 Å². The maximum absolute atomic E-state index is 13.3. The number of carbonyl (C=O) groups excluding carboxylic acids is 1. The van der Waals surface area contributed by atoms with Crippen molar-refractivity contribution in [2.75, 3.05) is 26.2 Å². The lowest BCUT2D eigenvalue weighted by Gasteiger charge is -2.28. The Morgan fingerprint density at radius 2 is 1.88 bits per heavy atom. The van der Waals surface area contributed by atoms with Gasteiger partial charge in [-0.25, -0.2) is 0 Å². The Labute approximate surface area is 150 Å². The van der Waals surface area contributed by atoms with Gasteiger partial charge in [-0.3, -0.25) is 4.79 Å². The van der Waals surface area contributed by atoms with Gasteiger partial charge in [0.05, 0.1) is 0 Å². The number of aromatic amines is 1. The number of benzene rings is 1. The predicted molar refractivity (Wildman–Crippen MR) is 102 cm³/mol. The second kappa shape index (κ2) is 6.49. The molecule has 2 aromatic rings. The summed E-state index contributed by atoms with van der Waals surface area (Å²) in [5, 5.41) is 1.19. The summed E-state index contributed by atoms with van der Waals surface area (Å²) in [5.74, 6) is 0.187. The third-order valence-electron chi connectivity index (χ3n) is 6.03. The lowest BCUT2D eigenvalue weighted by molar-refractivity contribution is 0.0703. The lowest BCUT2D eigenvalue weighted by Crippen LogP contribution is -2.42. The Bertz CT molecular complexity index is 801. The number of carbonyl (C=O) groups is 1. The van der Waals surface area contributed by atoms with E-state index in [1.807, 2.05) is 0 Å². The van der Waals surface area contributed by atoms with Crippen molar-refractivity contribution in [3.8, 4) is 0 Å². The summed E-state index contributed by atoms with van der Waals surface area (Å²) in [6, 6.07) is 4.74. The van der Waals surface area contributed by atoms with Gasteiger partial charge in [0, 0.05) is 30.0 Å². The normalized spacial score (nSPS) is 21.6. The van der Waals surface area contributed by atoms with E-state index in [1.54, 1.807) is 0 Å². The smallest absolute Gasteiger partial charge is 0.270 e. The topological polar surface area (TPSA) is 39.3 Å². The van der Waals surface area contributed by atoms with E-state index in [2.05, 4.69) is 47.7 Å². The van der Waals surface area contributed by atoms with Gasteiger partial charge in [0.25, 0.3) is 5.91 Å². The van der Waals surface area contributed by atoms with Crippen LogP contribution in [0.25, 0.3) is 10.9 Å². The largest absolute Gasteiger partial charge is 0.350 e. The van der Waals surface area contributed by atoms with E-state index in [0.29, 0.717) is 6.04 Å². The second-order valence-electron chi connectivity index (χ2n) is 7.93. The van der Waals surface area contributed by atoms with E-state index in [0.717, 1.165) is 42.7 Å². The summed E-state index contributed by atoms with van der Waals surface area (Å²) in [4.78, 5) is 21.4. The Morgan fingerprint density at radius 3 is 2.64 bits per heavy atom. The Balaban J connectivity index is 1.62. The first-order chi connectivity index (χ1) is 12.0. The van der Waals surface area contributed by atoms with Gasteiger partial charge in [-0.15, -0.1) is 0 Å². The molecule has 0 saturated carbocycles. The SMILES string of the molecule is Cc1cc(C)c2[nH]c(C(=O)N3CCC[C@H]3CN3CCCC3)c(C)c2c1. The minimum absolute atomic E-state index is 0.187. The van der Waals surface area contributed by atoms with Gasteiger partial charge in [0.2, 0.25) is 0 Å². The van der Waals surface area contributed by atoms with Crippen molar-refractivity contribution in [1.82, 2.24) is 14.8 Å². The van der Waals surface area contributed by atoms with Crippen LogP contribution in [0.4, 0.5) is 0 Å². The molecule has 1 aromatic carbocycles. The summed E-state index contributed by atoms with van der Waals surface area (Å²) in [6.45, 7) is 10.6. The number of nitrogens with one attached hydrogen (secondary N) is 1. The van der Waals surface area contributed by atoms with E-state index in [9.17, 15) is 4.79 Å². The van der Waals surface area contributed by atoms with Gasteiger partial charge in [-0.2, -0.15) is 0 Å². The summed E-state index contributed by atoms with van der Waals surface area (Å²) in [7, 11) is 0. The highest BCUT2D eigenvalue weighted by molar-refractivity contribution is 6.02. The van der Waals surface area contributed by atoms with Gasteiger partial charge < -0.3 is 14.8 Å². The highest BCUT2D eigenvalue weighted by atomic mass is 16.2. The number of hydrogen-bond acceptors (Lipinski definition) is 2. The number of hydrogen-bond donors (Lipinski definition) is 1. The molecular formula is C21H29N3O. The minimum atomic E-state index is 0.187. The van der Waals surface area contributed by atoms with Crippen molar-refractivity contribution in [2.24, 2.45) is 0 Å². The van der Waals surface area contributed by atoms with Crippen LogP contribution in [0.1, 0.15) is 52.9 Å². The number of aryl methyl sites for hydroxylation is 3. The van der Waals surface area contributed by atoms with Crippen LogP contribution >= 0.6 is 0 Å². The fourth-order valence-corrected chi connectivity index (χ4v) is 4.70. The molecule has 0 spiro atoms. The number of amides is 1. The van der Waals surface area contributed by atoms with E-state index in [1.165, 1.54) is 42.4 Å². The fraction of sp³-hybridized carbons (Fsp3) is 0.571. The molecule has 1 aromatic heterocycles. The molecular weight excluding hydrogens is 310 g/mol. The zero-order valence-electron chi connectivity index (χ0n) is 15.7. The molecule has 134 valence electrons. The molecule has 1 N–H and O–H groups in total. The number of rotatable bonds is 3. The molecule has 2 saturated heterocycles. The zero-order valence-corrected chi connectivity index (χ0v) is 15.7. The second-order valence-corrected chi connectivity index (χ2v) is 7.93. The van der Waals surface area contributed by atoms with Crippen LogP contribution in [-0.4, -0.2) is 52.9 Å². The third-order valence-corrected chi connectivity index (χ3v) is 6.03. The van der Waals surface area contributed by atoms with Gasteiger partial charge >= 0.3 is 0 Å². The minimum Gasteiger partial charge on any atom is -0.350 e. The zero-order chi connectivity index (χ0) is 17.6. The van der Waals surface area contributed by atoms with E-state index in [4.69, 9.17) is 0 Å². The molecule has 3 heterocycles. The van der Waals surface area contributed by atoms with Crippen LogP contribution < -0.4 is 0 Å². The van der Waals surface area contributed by atoms with Crippen molar-refractivity contribution in [2.45, 2.75) is 52.5 Å². The van der Waals surface area contributed by atoms with Crippen molar-refractivity contribution < 1.29 is 4.79 Å². The number of fused-ring (bicyclic) bond motifs is 1. The quantitative estimate of drug-likeness (QED) is 0.924. The maximum Gasteiger partial charge on any atom is 0.270 e. The van der Waals surface area contributed by atoms with Crippen LogP contribution in [0.15, 0.2) is 12.1 Å². The Kier molecular flexibility index (Phi) is 4.32. The summed E-state index contributed by atoms with van der Waals surface area (Å²) in [6.07, 6.45) is 4.88. The van der Waals surface area contributed by atoms with Crippen LogP contribution in [-0.2, 0) is 0 Å². The number of likely N-dealkylation sites (tertiary alicyclic amines) is 2. The summed E-state index contributed by atoms with van der Waals surface area (Å²) in [5.41, 5.74) is 5.46. The standard InChI is InChI=1S/C21H29N3O/c1-14-11-15(2)19-18(12-14)16(3)20(22-19)21(25)24-10-6-7-17(24)13-23-8-4-5-9-23/h11-12,17,22H,4-10,13H2,1-3H3/t17-/m0/s1. The van der Waals surface area contributed by atoms with Crippen molar-refractivity contribution in [1.29, 1.82) is 0 Å². The van der Waals surface area contributed by atoms with Crippen molar-refractivity contribution >= 4 is 16.8 Å². The van der Waals surface area contributed by atoms with Crippen LogP contribution in [0.5, 0.6) is 0 Å². The summed E-state index contributed by atoms with van der Waals surface area (Å²) < 4.78 is 0. The maximum atomic E-state index is 13.3. The molecule has 4 nitrogen and oxygen atoms in total. The molecule has 4 heteroatoms. The molecule has 0 aliphatic carbocycles. The Hall–Kier alpha value is -1.81. The molecule has 2 aliphatic rings. The number of nitrogens with zero attached hydrogens (tertiary/aromatic N) is 2. The monoisotopic (exact) mass is 339 g/mol. The van der Waals surface area contributed by atoms with Crippen LogP contribution in [0.2, 0.25) is 0 Å². The lowest BCUT2D eigenvalue weighted by atomic mass is 10.1. The Morgan fingerprint density at radius 1 is 1.12 bits per heavy atom. The molecule has 2 aliphatic heterocycles. The first-order valence-electron chi connectivity index (χ1n) is 9.67. The fourth-order valence-electron chi connectivity index (χ4n) is 4.70.